The van der Waals surface area contributed by atoms with Gasteiger partial charge in [-0.1, -0.05) is 30.3 Å². The zero-order valence-electron chi connectivity index (χ0n) is 13.9. The molecule has 1 atom stereocenters. The van der Waals surface area contributed by atoms with Crippen molar-refractivity contribution in [3.63, 3.8) is 0 Å². The number of H-pyrrole nitrogens is 2. The van der Waals surface area contributed by atoms with Gasteiger partial charge in [0.1, 0.15) is 5.69 Å². The first-order valence-corrected chi connectivity index (χ1v) is 8.16. The third-order valence-electron chi connectivity index (χ3n) is 4.61. The number of benzene rings is 1. The predicted octanol–water partition coefficient (Wildman–Crippen LogP) is 2.07. The number of rotatable bonds is 4. The first-order valence-electron chi connectivity index (χ1n) is 8.16. The van der Waals surface area contributed by atoms with E-state index in [2.05, 4.69) is 37.2 Å². The zero-order valence-corrected chi connectivity index (χ0v) is 13.9. The summed E-state index contributed by atoms with van der Waals surface area (Å²) < 4.78 is 4.81. The van der Waals surface area contributed by atoms with Gasteiger partial charge in [0, 0.05) is 31.1 Å². The lowest BCUT2D eigenvalue weighted by molar-refractivity contribution is 0.0591. The highest BCUT2D eigenvalue weighted by Crippen LogP contribution is 2.32. The number of aromatic nitrogens is 4. The summed E-state index contributed by atoms with van der Waals surface area (Å²) in [7, 11) is 1.37. The van der Waals surface area contributed by atoms with Crippen LogP contribution in [0.2, 0.25) is 0 Å². The number of methoxy groups -OCH3 is 1. The van der Waals surface area contributed by atoms with Crippen LogP contribution >= 0.6 is 0 Å². The molecule has 0 spiro atoms. The Morgan fingerprint density at radius 2 is 2.20 bits per heavy atom. The molecule has 1 aromatic carbocycles. The molecule has 1 aliphatic heterocycles. The molecule has 128 valence electrons. The Hall–Kier alpha value is -2.93. The average molecular weight is 337 g/mol. The molecular formula is C18H19N5O2. The summed E-state index contributed by atoms with van der Waals surface area (Å²) in [4.78, 5) is 21.9. The fourth-order valence-corrected chi connectivity index (χ4v) is 3.41. The van der Waals surface area contributed by atoms with E-state index >= 15 is 0 Å². The normalized spacial score (nSPS) is 17.2. The Labute approximate surface area is 145 Å². The van der Waals surface area contributed by atoms with Gasteiger partial charge in [0.2, 0.25) is 0 Å². The average Bonchev–Trinajstić information content (AvgIpc) is 3.30. The number of nitrogens with one attached hydrogen (secondary N) is 2. The lowest BCUT2D eigenvalue weighted by Gasteiger charge is -2.32. The van der Waals surface area contributed by atoms with Crippen LogP contribution in [-0.2, 0) is 17.8 Å². The van der Waals surface area contributed by atoms with Crippen LogP contribution in [0.3, 0.4) is 0 Å². The number of esters is 1. The minimum atomic E-state index is -0.397. The number of hydrogen-bond donors (Lipinski definition) is 2. The molecule has 3 heterocycles. The van der Waals surface area contributed by atoms with E-state index in [0.29, 0.717) is 12.2 Å². The number of carbonyl (C=O) groups is 1. The van der Waals surface area contributed by atoms with Crippen LogP contribution in [0.25, 0.3) is 0 Å². The van der Waals surface area contributed by atoms with Crippen LogP contribution in [0.5, 0.6) is 0 Å². The molecule has 7 nitrogen and oxygen atoms in total. The van der Waals surface area contributed by atoms with E-state index in [9.17, 15) is 4.79 Å². The van der Waals surface area contributed by atoms with Gasteiger partial charge >= 0.3 is 5.97 Å². The summed E-state index contributed by atoms with van der Waals surface area (Å²) in [5, 5.41) is 6.73. The van der Waals surface area contributed by atoms with Crippen LogP contribution in [-0.4, -0.2) is 44.7 Å². The highest BCUT2D eigenvalue weighted by atomic mass is 16.5. The lowest BCUT2D eigenvalue weighted by Crippen LogP contribution is -2.34. The van der Waals surface area contributed by atoms with Gasteiger partial charge < -0.3 is 9.72 Å². The molecule has 4 rings (SSSR count). The Morgan fingerprint density at radius 1 is 1.36 bits per heavy atom. The number of aromatic amines is 2. The Kier molecular flexibility index (Phi) is 4.07. The Morgan fingerprint density at radius 3 is 3.00 bits per heavy atom. The fourth-order valence-electron chi connectivity index (χ4n) is 3.41. The van der Waals surface area contributed by atoms with Crippen LogP contribution in [0.1, 0.15) is 38.9 Å². The van der Waals surface area contributed by atoms with E-state index in [1.165, 1.54) is 12.7 Å². The standard InChI is InChI=1S/C18H19N5O2/c1-25-18(24)16-13(7-21-22-16)8-23-9-14(12-5-3-2-4-6-12)17-15(10-23)19-11-20-17/h2-7,11,14H,8-10H2,1H3,(H,19,20)(H,21,22). The summed E-state index contributed by atoms with van der Waals surface area (Å²) in [6.45, 7) is 2.20. The molecule has 7 heteroatoms. The summed E-state index contributed by atoms with van der Waals surface area (Å²) in [6, 6.07) is 10.4. The molecule has 1 unspecified atom stereocenters. The van der Waals surface area contributed by atoms with E-state index in [1.807, 2.05) is 18.2 Å². The maximum absolute atomic E-state index is 11.9. The minimum Gasteiger partial charge on any atom is -0.464 e. The third-order valence-corrected chi connectivity index (χ3v) is 4.61. The molecule has 2 N–H and O–H groups in total. The smallest absolute Gasteiger partial charge is 0.356 e. The third kappa shape index (κ3) is 2.94. The van der Waals surface area contributed by atoms with Crippen molar-refractivity contribution in [3.05, 3.63) is 71.1 Å². The van der Waals surface area contributed by atoms with Gasteiger partial charge in [0.25, 0.3) is 0 Å². The monoisotopic (exact) mass is 337 g/mol. The number of hydrogen-bond acceptors (Lipinski definition) is 5. The van der Waals surface area contributed by atoms with Crippen molar-refractivity contribution >= 4 is 5.97 Å². The van der Waals surface area contributed by atoms with E-state index in [4.69, 9.17) is 4.74 Å². The number of ether oxygens (including phenoxy) is 1. The highest BCUT2D eigenvalue weighted by Gasteiger charge is 2.29. The van der Waals surface area contributed by atoms with E-state index in [-0.39, 0.29) is 5.92 Å². The van der Waals surface area contributed by atoms with Crippen molar-refractivity contribution in [1.29, 1.82) is 0 Å². The van der Waals surface area contributed by atoms with E-state index in [1.54, 1.807) is 12.5 Å². The van der Waals surface area contributed by atoms with Gasteiger partial charge in [0.15, 0.2) is 0 Å². The largest absolute Gasteiger partial charge is 0.464 e. The molecule has 0 radical (unpaired) electrons. The molecule has 0 saturated heterocycles. The van der Waals surface area contributed by atoms with E-state index < -0.39 is 5.97 Å². The van der Waals surface area contributed by atoms with Gasteiger partial charge in [-0.15, -0.1) is 0 Å². The summed E-state index contributed by atoms with van der Waals surface area (Å²) in [5.41, 5.74) is 4.70. The van der Waals surface area contributed by atoms with Gasteiger partial charge in [-0.25, -0.2) is 9.78 Å². The molecule has 1 aliphatic rings. The lowest BCUT2D eigenvalue weighted by atomic mass is 9.91. The van der Waals surface area contributed by atoms with Crippen molar-refractivity contribution in [2.45, 2.75) is 19.0 Å². The quantitative estimate of drug-likeness (QED) is 0.712. The maximum atomic E-state index is 11.9. The Bertz CT molecular complexity index is 870. The summed E-state index contributed by atoms with van der Waals surface area (Å²) in [5.74, 6) is -0.198. The van der Waals surface area contributed by atoms with Crippen LogP contribution in [0.4, 0.5) is 0 Å². The van der Waals surface area contributed by atoms with Crippen LogP contribution in [0.15, 0.2) is 42.9 Å². The molecule has 3 aromatic rings. The first-order chi connectivity index (χ1) is 12.3. The molecule has 0 saturated carbocycles. The topological polar surface area (TPSA) is 86.9 Å². The fraction of sp³-hybridized carbons (Fsp3) is 0.278. The zero-order chi connectivity index (χ0) is 17.2. The maximum Gasteiger partial charge on any atom is 0.356 e. The first kappa shape index (κ1) is 15.6. The SMILES string of the molecule is COC(=O)c1[nH]ncc1CN1Cc2[nH]cnc2C(c2ccccc2)C1. The molecule has 25 heavy (non-hydrogen) atoms. The molecule has 2 aromatic heterocycles. The van der Waals surface area contributed by atoms with Gasteiger partial charge in [-0.3, -0.25) is 10.00 Å². The van der Waals surface area contributed by atoms with Crippen molar-refractivity contribution in [2.24, 2.45) is 0 Å². The second-order valence-electron chi connectivity index (χ2n) is 6.16. The minimum absolute atomic E-state index is 0.199. The highest BCUT2D eigenvalue weighted by molar-refractivity contribution is 5.88. The number of carbonyl (C=O) groups excluding carboxylic acids is 1. The molecule has 0 fully saturated rings. The summed E-state index contributed by atoms with van der Waals surface area (Å²) >= 11 is 0. The second-order valence-corrected chi connectivity index (χ2v) is 6.16. The molecule has 0 bridgehead atoms. The number of nitrogens with zero attached hydrogens (tertiary/aromatic N) is 3. The van der Waals surface area contributed by atoms with Gasteiger partial charge in [-0.05, 0) is 5.56 Å². The summed E-state index contributed by atoms with van der Waals surface area (Å²) in [6.07, 6.45) is 3.44. The Balaban J connectivity index is 1.61. The van der Waals surface area contributed by atoms with Crippen LogP contribution in [0, 0.1) is 0 Å². The van der Waals surface area contributed by atoms with Gasteiger partial charge in [0.05, 0.1) is 31.0 Å². The number of imidazole rings is 1. The van der Waals surface area contributed by atoms with Gasteiger partial charge in [-0.2, -0.15) is 5.10 Å². The second kappa shape index (κ2) is 6.52. The number of fused-ring (bicyclic) bond motifs is 1. The van der Waals surface area contributed by atoms with Crippen molar-refractivity contribution in [1.82, 2.24) is 25.1 Å². The van der Waals surface area contributed by atoms with Crippen LogP contribution < -0.4 is 0 Å². The molecular weight excluding hydrogens is 318 g/mol. The van der Waals surface area contributed by atoms with Crippen molar-refractivity contribution in [3.8, 4) is 0 Å². The van der Waals surface area contributed by atoms with Crippen molar-refractivity contribution < 1.29 is 9.53 Å². The predicted molar refractivity (Wildman–Crippen MR) is 90.9 cm³/mol. The molecule has 0 aliphatic carbocycles. The van der Waals surface area contributed by atoms with Crippen molar-refractivity contribution in [2.75, 3.05) is 13.7 Å². The van der Waals surface area contributed by atoms with E-state index in [0.717, 1.165) is 30.0 Å². The molecule has 0 amide bonds.